The van der Waals surface area contributed by atoms with Crippen LogP contribution >= 0.6 is 0 Å². The van der Waals surface area contributed by atoms with Gasteiger partial charge in [-0.2, -0.15) is 0 Å². The zero-order valence-corrected chi connectivity index (χ0v) is 16.1. The van der Waals surface area contributed by atoms with Gasteiger partial charge in [-0.05, 0) is 71.5 Å². The van der Waals surface area contributed by atoms with E-state index >= 15 is 0 Å². The maximum atomic E-state index is 5.95. The van der Waals surface area contributed by atoms with Crippen LogP contribution in [-0.4, -0.2) is 9.97 Å². The molecule has 0 fully saturated rings. The molecule has 4 rings (SSSR count). The quantitative estimate of drug-likeness (QED) is 0.434. The lowest BCUT2D eigenvalue weighted by Crippen LogP contribution is -2.01. The molecular weight excluding hydrogens is 344 g/mol. The van der Waals surface area contributed by atoms with Gasteiger partial charge in [0.1, 0.15) is 12.4 Å². The molecule has 0 N–H and O–H groups in total. The molecule has 0 aliphatic carbocycles. The van der Waals surface area contributed by atoms with Gasteiger partial charge in [0.05, 0.1) is 5.69 Å². The van der Waals surface area contributed by atoms with E-state index in [1.54, 1.807) is 0 Å². The van der Waals surface area contributed by atoms with E-state index in [0.29, 0.717) is 6.61 Å². The van der Waals surface area contributed by atoms with Crippen LogP contribution in [0.5, 0.6) is 5.75 Å². The largest absolute Gasteiger partial charge is 0.487 e. The molecule has 0 saturated heterocycles. The van der Waals surface area contributed by atoms with Gasteiger partial charge in [-0.25, -0.2) is 0 Å². The Labute approximate surface area is 165 Å². The van der Waals surface area contributed by atoms with Crippen LogP contribution in [0.3, 0.4) is 0 Å². The Morgan fingerprint density at radius 3 is 2.07 bits per heavy atom. The Morgan fingerprint density at radius 2 is 1.43 bits per heavy atom. The minimum atomic E-state index is 0.471. The highest BCUT2D eigenvalue weighted by Crippen LogP contribution is 2.32. The number of benzene rings is 2. The molecular formula is C25H22N2O. The normalized spacial score (nSPS) is 10.6. The number of aryl methyl sites for hydroxylation is 2. The SMILES string of the molecule is Cc1cnc(COc2ccc(-c3ccccc3-c3ccncc3)cc2)c(C)c1. The van der Waals surface area contributed by atoms with E-state index in [1.165, 1.54) is 16.7 Å². The summed E-state index contributed by atoms with van der Waals surface area (Å²) >= 11 is 0. The van der Waals surface area contributed by atoms with Crippen molar-refractivity contribution in [3.63, 3.8) is 0 Å². The second-order valence-corrected chi connectivity index (χ2v) is 6.87. The standard InChI is InChI=1S/C25H22N2O/c1-18-15-19(2)25(27-16-18)17-28-22-9-7-20(8-10-22)23-5-3-4-6-24(23)21-11-13-26-14-12-21/h3-16H,17H2,1-2H3. The smallest absolute Gasteiger partial charge is 0.130 e. The monoisotopic (exact) mass is 366 g/mol. The highest BCUT2D eigenvalue weighted by atomic mass is 16.5. The summed E-state index contributed by atoms with van der Waals surface area (Å²) in [6.07, 6.45) is 5.53. The summed E-state index contributed by atoms with van der Waals surface area (Å²) in [5.41, 5.74) is 7.99. The van der Waals surface area contributed by atoms with Crippen LogP contribution in [0, 0.1) is 13.8 Å². The topological polar surface area (TPSA) is 35.0 Å². The molecule has 2 heterocycles. The fourth-order valence-corrected chi connectivity index (χ4v) is 3.30. The Balaban J connectivity index is 1.54. The third kappa shape index (κ3) is 3.94. The zero-order chi connectivity index (χ0) is 19.3. The summed E-state index contributed by atoms with van der Waals surface area (Å²) in [5.74, 6) is 0.840. The molecule has 0 aliphatic rings. The van der Waals surface area contributed by atoms with Crippen LogP contribution < -0.4 is 4.74 Å². The molecule has 2 aromatic carbocycles. The molecule has 4 aromatic rings. The molecule has 0 amide bonds. The first-order chi connectivity index (χ1) is 13.7. The maximum absolute atomic E-state index is 5.95. The van der Waals surface area contributed by atoms with E-state index in [9.17, 15) is 0 Å². The van der Waals surface area contributed by atoms with Crippen molar-refractivity contribution in [1.82, 2.24) is 9.97 Å². The van der Waals surface area contributed by atoms with E-state index < -0.39 is 0 Å². The van der Waals surface area contributed by atoms with Gasteiger partial charge in [0, 0.05) is 18.6 Å². The van der Waals surface area contributed by atoms with Crippen molar-refractivity contribution in [2.24, 2.45) is 0 Å². The summed E-state index contributed by atoms with van der Waals surface area (Å²) in [6, 6.07) is 22.8. The van der Waals surface area contributed by atoms with E-state index in [-0.39, 0.29) is 0 Å². The number of nitrogens with zero attached hydrogens (tertiary/aromatic N) is 2. The van der Waals surface area contributed by atoms with E-state index in [1.807, 2.05) is 49.8 Å². The number of aromatic nitrogens is 2. The highest BCUT2D eigenvalue weighted by molar-refractivity contribution is 5.83. The maximum Gasteiger partial charge on any atom is 0.130 e. The highest BCUT2D eigenvalue weighted by Gasteiger charge is 2.07. The first kappa shape index (κ1) is 17.9. The lowest BCUT2D eigenvalue weighted by molar-refractivity contribution is 0.300. The molecule has 28 heavy (non-hydrogen) atoms. The van der Waals surface area contributed by atoms with Crippen LogP contribution in [0.4, 0.5) is 0 Å². The number of hydrogen-bond donors (Lipinski definition) is 0. The summed E-state index contributed by atoms with van der Waals surface area (Å²) in [5, 5.41) is 0. The third-order valence-electron chi connectivity index (χ3n) is 4.78. The summed E-state index contributed by atoms with van der Waals surface area (Å²) in [6.45, 7) is 4.59. The molecule has 3 heteroatoms. The van der Waals surface area contributed by atoms with Gasteiger partial charge in [0.25, 0.3) is 0 Å². The van der Waals surface area contributed by atoms with Crippen LogP contribution in [-0.2, 0) is 6.61 Å². The summed E-state index contributed by atoms with van der Waals surface area (Å²) in [4.78, 5) is 8.59. The van der Waals surface area contributed by atoms with Gasteiger partial charge in [0.2, 0.25) is 0 Å². The van der Waals surface area contributed by atoms with E-state index in [4.69, 9.17) is 4.74 Å². The fraction of sp³-hybridized carbons (Fsp3) is 0.120. The van der Waals surface area contributed by atoms with Gasteiger partial charge < -0.3 is 4.74 Å². The first-order valence-corrected chi connectivity index (χ1v) is 9.35. The number of rotatable bonds is 5. The molecule has 0 atom stereocenters. The predicted octanol–water partition coefficient (Wildman–Crippen LogP) is 6.01. The fourth-order valence-electron chi connectivity index (χ4n) is 3.30. The van der Waals surface area contributed by atoms with Crippen LogP contribution in [0.15, 0.2) is 85.3 Å². The number of ether oxygens (including phenoxy) is 1. The molecule has 0 spiro atoms. The average Bonchev–Trinajstić information content (AvgIpc) is 2.74. The lowest BCUT2D eigenvalue weighted by atomic mass is 9.95. The summed E-state index contributed by atoms with van der Waals surface area (Å²) < 4.78 is 5.95. The third-order valence-corrected chi connectivity index (χ3v) is 4.78. The van der Waals surface area contributed by atoms with Crippen LogP contribution in [0.2, 0.25) is 0 Å². The van der Waals surface area contributed by atoms with Crippen molar-refractivity contribution in [2.45, 2.75) is 20.5 Å². The van der Waals surface area contributed by atoms with Gasteiger partial charge in [-0.3, -0.25) is 9.97 Å². The Bertz CT molecular complexity index is 1070. The molecule has 138 valence electrons. The minimum absolute atomic E-state index is 0.471. The summed E-state index contributed by atoms with van der Waals surface area (Å²) in [7, 11) is 0. The molecule has 3 nitrogen and oxygen atoms in total. The molecule has 0 bridgehead atoms. The van der Waals surface area contributed by atoms with Gasteiger partial charge in [-0.15, -0.1) is 0 Å². The van der Waals surface area contributed by atoms with E-state index in [0.717, 1.165) is 28.1 Å². The molecule has 0 saturated carbocycles. The van der Waals surface area contributed by atoms with E-state index in [2.05, 4.69) is 59.4 Å². The Kier molecular flexibility index (Phi) is 5.16. The van der Waals surface area contributed by atoms with Gasteiger partial charge in [-0.1, -0.05) is 42.5 Å². The van der Waals surface area contributed by atoms with Crippen LogP contribution in [0.25, 0.3) is 22.3 Å². The Morgan fingerprint density at radius 1 is 0.786 bits per heavy atom. The zero-order valence-electron chi connectivity index (χ0n) is 16.1. The molecule has 0 aliphatic heterocycles. The number of hydrogen-bond acceptors (Lipinski definition) is 3. The second-order valence-electron chi connectivity index (χ2n) is 6.87. The van der Waals surface area contributed by atoms with Crippen molar-refractivity contribution in [3.05, 3.63) is 102 Å². The Hall–Kier alpha value is -3.46. The van der Waals surface area contributed by atoms with Crippen molar-refractivity contribution < 1.29 is 4.74 Å². The van der Waals surface area contributed by atoms with Crippen molar-refractivity contribution in [2.75, 3.05) is 0 Å². The average molecular weight is 366 g/mol. The lowest BCUT2D eigenvalue weighted by Gasteiger charge is -2.12. The minimum Gasteiger partial charge on any atom is -0.487 e. The van der Waals surface area contributed by atoms with Crippen LogP contribution in [0.1, 0.15) is 16.8 Å². The number of pyridine rings is 2. The predicted molar refractivity (Wildman–Crippen MR) is 113 cm³/mol. The van der Waals surface area contributed by atoms with Crippen molar-refractivity contribution in [1.29, 1.82) is 0 Å². The van der Waals surface area contributed by atoms with Gasteiger partial charge >= 0.3 is 0 Å². The van der Waals surface area contributed by atoms with Crippen molar-refractivity contribution >= 4 is 0 Å². The molecule has 0 unspecified atom stereocenters. The molecule has 2 aromatic heterocycles. The van der Waals surface area contributed by atoms with Gasteiger partial charge in [0.15, 0.2) is 0 Å². The molecule has 0 radical (unpaired) electrons. The second kappa shape index (κ2) is 8.05. The first-order valence-electron chi connectivity index (χ1n) is 9.35. The van der Waals surface area contributed by atoms with Crippen molar-refractivity contribution in [3.8, 4) is 28.0 Å².